The third kappa shape index (κ3) is 2.38. The van der Waals surface area contributed by atoms with Gasteiger partial charge in [0.2, 0.25) is 5.58 Å². The Morgan fingerprint density at radius 2 is 2.04 bits per heavy atom. The van der Waals surface area contributed by atoms with Gasteiger partial charge in [-0.1, -0.05) is 34.1 Å². The van der Waals surface area contributed by atoms with Crippen molar-refractivity contribution in [1.82, 2.24) is 9.97 Å². The van der Waals surface area contributed by atoms with Crippen molar-refractivity contribution in [2.45, 2.75) is 4.90 Å². The van der Waals surface area contributed by atoms with Crippen molar-refractivity contribution in [3.63, 3.8) is 0 Å². The molecule has 0 fully saturated rings. The summed E-state index contributed by atoms with van der Waals surface area (Å²) in [7, 11) is 0. The van der Waals surface area contributed by atoms with Crippen molar-refractivity contribution >= 4 is 49.8 Å². The Morgan fingerprint density at radius 1 is 1.22 bits per heavy atom. The molecule has 0 bridgehead atoms. The van der Waals surface area contributed by atoms with E-state index in [1.165, 1.54) is 0 Å². The quantitative estimate of drug-likeness (QED) is 0.501. The highest BCUT2D eigenvalue weighted by atomic mass is 79.9. The Balaban J connectivity index is 2.08. The number of aromatic nitrogens is 2. The van der Waals surface area contributed by atoms with E-state index < -0.39 is 0 Å². The monoisotopic (exact) mass is 386 g/mol. The molecule has 0 unspecified atom stereocenters. The maximum atomic E-state index is 12.4. The molecule has 0 aliphatic carbocycles. The van der Waals surface area contributed by atoms with Crippen LogP contribution < -0.4 is 5.56 Å². The smallest absolute Gasteiger partial charge is 0.294 e. The molecule has 2 aromatic carbocycles. The SMILES string of the molecule is CSc1ccccc1-c1nc2c(oc3ccc(Br)cc32)c(=O)[nH]1. The number of aromatic amines is 1. The van der Waals surface area contributed by atoms with Gasteiger partial charge >= 0.3 is 0 Å². The second-order valence-corrected chi connectivity index (χ2v) is 6.80. The van der Waals surface area contributed by atoms with E-state index in [-0.39, 0.29) is 11.1 Å². The lowest BCUT2D eigenvalue weighted by Gasteiger charge is -2.05. The first-order valence-electron chi connectivity index (χ1n) is 6.93. The summed E-state index contributed by atoms with van der Waals surface area (Å²) in [5.41, 5.74) is 2.12. The van der Waals surface area contributed by atoms with Gasteiger partial charge in [0, 0.05) is 20.3 Å². The molecule has 1 N–H and O–H groups in total. The summed E-state index contributed by atoms with van der Waals surface area (Å²) in [5.74, 6) is 0.551. The largest absolute Gasteiger partial charge is 0.449 e. The lowest BCUT2D eigenvalue weighted by atomic mass is 10.2. The molecule has 0 aliphatic rings. The fourth-order valence-electron chi connectivity index (χ4n) is 2.59. The Bertz CT molecular complexity index is 1100. The molecule has 4 nitrogen and oxygen atoms in total. The number of hydrogen-bond donors (Lipinski definition) is 1. The minimum atomic E-state index is -0.270. The molecule has 0 atom stereocenters. The van der Waals surface area contributed by atoms with Crippen molar-refractivity contribution in [2.75, 3.05) is 6.26 Å². The van der Waals surface area contributed by atoms with Crippen molar-refractivity contribution in [2.24, 2.45) is 0 Å². The maximum absolute atomic E-state index is 12.4. The topological polar surface area (TPSA) is 58.9 Å². The number of nitrogens with one attached hydrogen (secondary N) is 1. The Hall–Kier alpha value is -2.05. The first-order chi connectivity index (χ1) is 11.2. The van der Waals surface area contributed by atoms with Crippen LogP contribution in [0.5, 0.6) is 0 Å². The van der Waals surface area contributed by atoms with Crippen LogP contribution in [0.4, 0.5) is 0 Å². The number of benzene rings is 2. The number of furan rings is 1. The van der Waals surface area contributed by atoms with E-state index >= 15 is 0 Å². The van der Waals surface area contributed by atoms with Gasteiger partial charge in [-0.25, -0.2) is 4.98 Å². The highest BCUT2D eigenvalue weighted by Crippen LogP contribution is 2.31. The van der Waals surface area contributed by atoms with Crippen LogP contribution in [0.2, 0.25) is 0 Å². The van der Waals surface area contributed by atoms with E-state index in [1.54, 1.807) is 11.8 Å². The van der Waals surface area contributed by atoms with Crippen molar-refractivity contribution < 1.29 is 4.42 Å². The Kier molecular flexibility index (Phi) is 3.50. The predicted octanol–water partition coefficient (Wildman–Crippen LogP) is 4.82. The van der Waals surface area contributed by atoms with Gasteiger partial charge in [0.1, 0.15) is 16.9 Å². The van der Waals surface area contributed by atoms with Crippen LogP contribution >= 0.6 is 27.7 Å². The molecule has 0 radical (unpaired) electrons. The maximum Gasteiger partial charge on any atom is 0.294 e. The molecule has 114 valence electrons. The van der Waals surface area contributed by atoms with E-state index in [4.69, 9.17) is 4.42 Å². The first-order valence-corrected chi connectivity index (χ1v) is 8.94. The van der Waals surface area contributed by atoms with Crippen LogP contribution in [0.15, 0.2) is 61.0 Å². The molecule has 0 aliphatic heterocycles. The highest BCUT2D eigenvalue weighted by molar-refractivity contribution is 9.10. The summed E-state index contributed by atoms with van der Waals surface area (Å²) in [6.07, 6.45) is 2.00. The number of fused-ring (bicyclic) bond motifs is 3. The van der Waals surface area contributed by atoms with Crippen LogP contribution in [0.1, 0.15) is 0 Å². The first kappa shape index (κ1) is 14.5. The minimum absolute atomic E-state index is 0.253. The molecular formula is C17H11BrN2O2S. The fourth-order valence-corrected chi connectivity index (χ4v) is 3.55. The normalized spacial score (nSPS) is 11.4. The van der Waals surface area contributed by atoms with Gasteiger partial charge in [0.25, 0.3) is 5.56 Å². The van der Waals surface area contributed by atoms with Gasteiger partial charge in [0.05, 0.1) is 0 Å². The summed E-state index contributed by atoms with van der Waals surface area (Å²) >= 11 is 5.07. The number of halogens is 1. The van der Waals surface area contributed by atoms with Crippen LogP contribution in [0.3, 0.4) is 0 Å². The molecule has 0 amide bonds. The lowest BCUT2D eigenvalue weighted by Crippen LogP contribution is -2.08. The summed E-state index contributed by atoms with van der Waals surface area (Å²) in [6, 6.07) is 13.5. The fraction of sp³-hybridized carbons (Fsp3) is 0.0588. The van der Waals surface area contributed by atoms with Gasteiger partial charge in [-0.2, -0.15) is 0 Å². The zero-order valence-corrected chi connectivity index (χ0v) is 14.5. The molecule has 2 aromatic heterocycles. The average Bonchev–Trinajstić information content (AvgIpc) is 2.93. The number of nitrogens with zero attached hydrogens (tertiary/aromatic N) is 1. The van der Waals surface area contributed by atoms with Crippen molar-refractivity contribution in [3.05, 3.63) is 57.3 Å². The van der Waals surface area contributed by atoms with Gasteiger partial charge in [-0.3, -0.25) is 4.79 Å². The van der Waals surface area contributed by atoms with E-state index in [1.807, 2.05) is 48.7 Å². The van der Waals surface area contributed by atoms with E-state index in [9.17, 15) is 4.79 Å². The molecule has 4 rings (SSSR count). The van der Waals surface area contributed by atoms with Crippen LogP contribution in [-0.2, 0) is 0 Å². The van der Waals surface area contributed by atoms with Crippen molar-refractivity contribution in [1.29, 1.82) is 0 Å². The van der Waals surface area contributed by atoms with Crippen molar-refractivity contribution in [3.8, 4) is 11.4 Å². The highest BCUT2D eigenvalue weighted by Gasteiger charge is 2.15. The van der Waals surface area contributed by atoms with E-state index in [0.29, 0.717) is 16.9 Å². The Morgan fingerprint density at radius 3 is 2.87 bits per heavy atom. The summed E-state index contributed by atoms with van der Waals surface area (Å²) in [4.78, 5) is 21.0. The van der Waals surface area contributed by atoms with Gasteiger partial charge in [0.15, 0.2) is 0 Å². The summed E-state index contributed by atoms with van der Waals surface area (Å²) in [5, 5.41) is 0.823. The zero-order valence-electron chi connectivity index (χ0n) is 12.1. The second-order valence-electron chi connectivity index (χ2n) is 5.04. The summed E-state index contributed by atoms with van der Waals surface area (Å²) < 4.78 is 6.57. The molecule has 0 spiro atoms. The number of hydrogen-bond acceptors (Lipinski definition) is 4. The van der Waals surface area contributed by atoms with Gasteiger partial charge < -0.3 is 9.40 Å². The van der Waals surface area contributed by atoms with Crippen LogP contribution in [0.25, 0.3) is 33.5 Å². The van der Waals surface area contributed by atoms with Gasteiger partial charge in [-0.05, 0) is 30.5 Å². The van der Waals surface area contributed by atoms with E-state index in [0.717, 1.165) is 20.3 Å². The molecule has 6 heteroatoms. The average molecular weight is 387 g/mol. The molecule has 0 saturated carbocycles. The molecular weight excluding hydrogens is 376 g/mol. The van der Waals surface area contributed by atoms with Crippen LogP contribution in [-0.4, -0.2) is 16.2 Å². The lowest BCUT2D eigenvalue weighted by molar-refractivity contribution is 0.661. The van der Waals surface area contributed by atoms with Crippen LogP contribution in [0, 0.1) is 0 Å². The number of rotatable bonds is 2. The predicted molar refractivity (Wildman–Crippen MR) is 97.1 cm³/mol. The molecule has 0 saturated heterocycles. The molecule has 4 aromatic rings. The van der Waals surface area contributed by atoms with E-state index in [2.05, 4.69) is 25.9 Å². The standard InChI is InChI=1S/C17H11BrN2O2S/c1-23-13-5-3-2-4-10(13)16-19-14-11-8-9(18)6-7-12(11)22-15(14)17(21)20-16/h2-8H,1H3,(H,19,20,21). The summed E-state index contributed by atoms with van der Waals surface area (Å²) in [6.45, 7) is 0. The molecule has 23 heavy (non-hydrogen) atoms. The molecule has 2 heterocycles. The number of H-pyrrole nitrogens is 1. The number of thioether (sulfide) groups is 1. The third-order valence-corrected chi connectivity index (χ3v) is 4.94. The third-order valence-electron chi connectivity index (χ3n) is 3.65. The second kappa shape index (κ2) is 5.54. The minimum Gasteiger partial charge on any atom is -0.449 e. The zero-order chi connectivity index (χ0) is 16.0. The van der Waals surface area contributed by atoms with Gasteiger partial charge in [-0.15, -0.1) is 11.8 Å². The Labute approximate surface area is 144 Å².